The van der Waals surface area contributed by atoms with Gasteiger partial charge >= 0.3 is 11.9 Å². The van der Waals surface area contributed by atoms with Crippen molar-refractivity contribution in [3.8, 4) is 5.75 Å². The summed E-state index contributed by atoms with van der Waals surface area (Å²) in [6, 6.07) is 5.24. The molecule has 7 heteroatoms. The monoisotopic (exact) mass is 391 g/mol. The molecule has 0 aromatic heterocycles. The molecular formula is C13H14INO5. The van der Waals surface area contributed by atoms with Crippen molar-refractivity contribution >= 4 is 40.2 Å². The lowest BCUT2D eigenvalue weighted by molar-refractivity contribution is -0.138. The predicted molar refractivity (Wildman–Crippen MR) is 81.4 cm³/mol. The van der Waals surface area contributed by atoms with E-state index in [1.807, 2.05) is 0 Å². The number of benzene rings is 1. The SMILES string of the molecule is COC(=O)/C=C(/Nc1ccc(OC)c(I)c1)C(=O)OC. The smallest absolute Gasteiger partial charge is 0.354 e. The highest BCUT2D eigenvalue weighted by Crippen LogP contribution is 2.24. The number of hydrogen-bond acceptors (Lipinski definition) is 6. The van der Waals surface area contributed by atoms with Crippen LogP contribution in [0.4, 0.5) is 5.69 Å². The zero-order valence-corrected chi connectivity index (χ0v) is 13.4. The number of carbonyl (C=O) groups excluding carboxylic acids is 2. The summed E-state index contributed by atoms with van der Waals surface area (Å²) in [5.41, 5.74) is 0.607. The van der Waals surface area contributed by atoms with Gasteiger partial charge in [-0.1, -0.05) is 0 Å². The molecule has 6 nitrogen and oxygen atoms in total. The fourth-order valence-corrected chi connectivity index (χ4v) is 2.07. The highest BCUT2D eigenvalue weighted by molar-refractivity contribution is 14.1. The number of ether oxygens (including phenoxy) is 3. The van der Waals surface area contributed by atoms with Crippen LogP contribution in [0, 0.1) is 3.57 Å². The number of anilines is 1. The van der Waals surface area contributed by atoms with Gasteiger partial charge in [-0.25, -0.2) is 9.59 Å². The van der Waals surface area contributed by atoms with Crippen molar-refractivity contribution in [1.29, 1.82) is 0 Å². The van der Waals surface area contributed by atoms with E-state index in [1.54, 1.807) is 25.3 Å². The van der Waals surface area contributed by atoms with E-state index in [9.17, 15) is 9.59 Å². The van der Waals surface area contributed by atoms with Crippen LogP contribution >= 0.6 is 22.6 Å². The van der Waals surface area contributed by atoms with E-state index in [1.165, 1.54) is 14.2 Å². The Morgan fingerprint density at radius 2 is 1.90 bits per heavy atom. The van der Waals surface area contributed by atoms with Crippen LogP contribution in [0.15, 0.2) is 30.0 Å². The molecule has 0 aliphatic heterocycles. The molecule has 20 heavy (non-hydrogen) atoms. The summed E-state index contributed by atoms with van der Waals surface area (Å²) in [6.45, 7) is 0. The van der Waals surface area contributed by atoms with E-state index in [0.717, 1.165) is 9.65 Å². The Balaban J connectivity index is 3.01. The molecule has 0 saturated carbocycles. The largest absolute Gasteiger partial charge is 0.496 e. The van der Waals surface area contributed by atoms with Crippen molar-refractivity contribution in [2.24, 2.45) is 0 Å². The summed E-state index contributed by atoms with van der Waals surface area (Å²) in [5, 5.41) is 2.81. The lowest BCUT2D eigenvalue weighted by atomic mass is 10.3. The molecule has 0 spiro atoms. The molecule has 1 aromatic carbocycles. The standard InChI is InChI=1S/C13H14INO5/c1-18-11-5-4-8(6-9(11)14)15-10(13(17)20-3)7-12(16)19-2/h4-7,15H,1-3H3/b10-7+. The molecule has 0 saturated heterocycles. The van der Waals surface area contributed by atoms with Gasteiger partial charge in [-0.05, 0) is 40.8 Å². The number of rotatable bonds is 5. The number of esters is 2. The summed E-state index contributed by atoms with van der Waals surface area (Å²) in [7, 11) is 4.03. The topological polar surface area (TPSA) is 73.9 Å². The van der Waals surface area contributed by atoms with Gasteiger partial charge in [0.1, 0.15) is 11.4 Å². The van der Waals surface area contributed by atoms with Gasteiger partial charge in [-0.15, -0.1) is 0 Å². The molecule has 0 heterocycles. The Morgan fingerprint density at radius 3 is 2.40 bits per heavy atom. The zero-order chi connectivity index (χ0) is 15.1. The Bertz CT molecular complexity index is 542. The minimum absolute atomic E-state index is 0.0136. The molecule has 1 rings (SSSR count). The van der Waals surface area contributed by atoms with Crippen LogP contribution in [-0.4, -0.2) is 33.3 Å². The summed E-state index contributed by atoms with van der Waals surface area (Å²) in [4.78, 5) is 22.8. The highest BCUT2D eigenvalue weighted by Gasteiger charge is 2.13. The summed E-state index contributed by atoms with van der Waals surface area (Å²) >= 11 is 2.10. The van der Waals surface area contributed by atoms with Gasteiger partial charge in [-0.3, -0.25) is 0 Å². The molecule has 108 valence electrons. The average Bonchev–Trinajstić information content (AvgIpc) is 2.45. The second-order valence-electron chi connectivity index (χ2n) is 3.55. The molecule has 0 unspecified atom stereocenters. The minimum Gasteiger partial charge on any atom is -0.496 e. The van der Waals surface area contributed by atoms with Crippen LogP contribution in [0.2, 0.25) is 0 Å². The van der Waals surface area contributed by atoms with E-state index >= 15 is 0 Å². The maximum atomic E-state index is 11.6. The Kier molecular flexibility index (Phi) is 6.29. The van der Waals surface area contributed by atoms with Crippen molar-refractivity contribution in [3.05, 3.63) is 33.5 Å². The quantitative estimate of drug-likeness (QED) is 0.470. The molecule has 1 N–H and O–H groups in total. The predicted octanol–water partition coefficient (Wildman–Crippen LogP) is 1.94. The normalized spacial score (nSPS) is 10.7. The lowest BCUT2D eigenvalue weighted by Crippen LogP contribution is -2.15. The van der Waals surface area contributed by atoms with Crippen molar-refractivity contribution in [3.63, 3.8) is 0 Å². The van der Waals surface area contributed by atoms with E-state index in [4.69, 9.17) is 4.74 Å². The van der Waals surface area contributed by atoms with E-state index in [-0.39, 0.29) is 5.70 Å². The van der Waals surface area contributed by atoms with Crippen molar-refractivity contribution in [2.75, 3.05) is 26.6 Å². The first-order valence-electron chi connectivity index (χ1n) is 5.50. The first kappa shape index (κ1) is 16.3. The minimum atomic E-state index is -0.666. The zero-order valence-electron chi connectivity index (χ0n) is 11.2. The number of hydrogen-bond donors (Lipinski definition) is 1. The van der Waals surface area contributed by atoms with Crippen LogP contribution < -0.4 is 10.1 Å². The van der Waals surface area contributed by atoms with Crippen molar-refractivity contribution in [2.45, 2.75) is 0 Å². The first-order valence-corrected chi connectivity index (χ1v) is 6.58. The maximum Gasteiger partial charge on any atom is 0.354 e. The molecule has 0 bridgehead atoms. The van der Waals surface area contributed by atoms with E-state index in [0.29, 0.717) is 11.4 Å². The molecule has 0 amide bonds. The van der Waals surface area contributed by atoms with Crippen LogP contribution in [0.25, 0.3) is 0 Å². The molecule has 0 atom stereocenters. The van der Waals surface area contributed by atoms with Gasteiger partial charge in [-0.2, -0.15) is 0 Å². The second-order valence-corrected chi connectivity index (χ2v) is 4.71. The third kappa shape index (κ3) is 4.41. The fourth-order valence-electron chi connectivity index (χ4n) is 1.33. The number of methoxy groups -OCH3 is 3. The van der Waals surface area contributed by atoms with Crippen LogP contribution in [0.1, 0.15) is 0 Å². The summed E-state index contributed by atoms with van der Waals surface area (Å²) in [5.74, 6) is -0.602. The molecular weight excluding hydrogens is 377 g/mol. The highest BCUT2D eigenvalue weighted by atomic mass is 127. The molecule has 0 fully saturated rings. The Labute approximate surface area is 130 Å². The Morgan fingerprint density at radius 1 is 1.20 bits per heavy atom. The molecule has 0 aliphatic rings. The lowest BCUT2D eigenvalue weighted by Gasteiger charge is -2.10. The Hall–Kier alpha value is -1.77. The van der Waals surface area contributed by atoms with Crippen molar-refractivity contribution in [1.82, 2.24) is 0 Å². The van der Waals surface area contributed by atoms with E-state index < -0.39 is 11.9 Å². The summed E-state index contributed by atoms with van der Waals surface area (Å²) in [6.07, 6.45) is 1.03. The number of nitrogens with one attached hydrogen (secondary N) is 1. The number of halogens is 1. The third-order valence-electron chi connectivity index (χ3n) is 2.30. The van der Waals surface area contributed by atoms with E-state index in [2.05, 4.69) is 37.4 Å². The van der Waals surface area contributed by atoms with Crippen LogP contribution in [-0.2, 0) is 19.1 Å². The average molecular weight is 391 g/mol. The van der Waals surface area contributed by atoms with Gasteiger partial charge in [0, 0.05) is 5.69 Å². The van der Waals surface area contributed by atoms with Gasteiger partial charge in [0.25, 0.3) is 0 Å². The summed E-state index contributed by atoms with van der Waals surface area (Å²) < 4.78 is 15.1. The maximum absolute atomic E-state index is 11.6. The van der Waals surface area contributed by atoms with Gasteiger partial charge in [0.2, 0.25) is 0 Å². The van der Waals surface area contributed by atoms with Gasteiger partial charge in [0.15, 0.2) is 0 Å². The molecule has 1 aromatic rings. The first-order chi connectivity index (χ1) is 9.51. The van der Waals surface area contributed by atoms with Crippen LogP contribution in [0.3, 0.4) is 0 Å². The van der Waals surface area contributed by atoms with Gasteiger partial charge in [0.05, 0.1) is 31.0 Å². The fraction of sp³-hybridized carbons (Fsp3) is 0.231. The van der Waals surface area contributed by atoms with Gasteiger partial charge < -0.3 is 19.5 Å². The number of carbonyl (C=O) groups is 2. The van der Waals surface area contributed by atoms with Crippen molar-refractivity contribution < 1.29 is 23.8 Å². The second kappa shape index (κ2) is 7.73. The molecule has 0 aliphatic carbocycles. The van der Waals surface area contributed by atoms with Crippen LogP contribution in [0.5, 0.6) is 5.75 Å². The molecule has 0 radical (unpaired) electrons. The third-order valence-corrected chi connectivity index (χ3v) is 3.14.